The molecule has 1 atom stereocenters. The van der Waals surface area contributed by atoms with Crippen molar-refractivity contribution < 1.29 is 23.8 Å². The van der Waals surface area contributed by atoms with Crippen LogP contribution in [0.25, 0.3) is 5.82 Å². The van der Waals surface area contributed by atoms with Crippen molar-refractivity contribution >= 4 is 17.6 Å². The standard InChI is InChI=1S/C31H33N7O5/c1-22-2-5-25(6-3-22)41-13-9-33-30(39)16-24-18-36(31(40)15-23-4-7-26-27(14-23)43-21-42-26)11-12-38(24)29-17-28(34-19-35-29)37-10-8-32-20-37/h2-8,10,14,17,19-20,24H,9,11-13,15-16,18,21H2,1H3,(H,33,39). The van der Waals surface area contributed by atoms with Crippen LogP contribution in [0.3, 0.4) is 0 Å². The number of rotatable bonds is 10. The van der Waals surface area contributed by atoms with Gasteiger partial charge in [0, 0.05) is 44.5 Å². The lowest BCUT2D eigenvalue weighted by atomic mass is 10.1. The molecule has 0 bridgehead atoms. The van der Waals surface area contributed by atoms with E-state index in [0.717, 1.165) is 16.9 Å². The van der Waals surface area contributed by atoms with Gasteiger partial charge in [-0.3, -0.25) is 14.2 Å². The number of aryl methyl sites for hydroxylation is 1. The van der Waals surface area contributed by atoms with Crippen molar-refractivity contribution in [2.24, 2.45) is 0 Å². The molecule has 0 spiro atoms. The molecular formula is C31H33N7O5. The van der Waals surface area contributed by atoms with E-state index in [4.69, 9.17) is 14.2 Å². The first-order valence-electron chi connectivity index (χ1n) is 14.2. The summed E-state index contributed by atoms with van der Waals surface area (Å²) in [6, 6.07) is 14.9. The Morgan fingerprint density at radius 1 is 1.02 bits per heavy atom. The van der Waals surface area contributed by atoms with Gasteiger partial charge in [-0.05, 0) is 36.8 Å². The van der Waals surface area contributed by atoms with Gasteiger partial charge in [0.05, 0.1) is 19.0 Å². The number of carbonyl (C=O) groups excluding carboxylic acids is 2. The average Bonchev–Trinajstić information content (AvgIpc) is 3.73. The van der Waals surface area contributed by atoms with Crippen molar-refractivity contribution in [1.29, 1.82) is 0 Å². The van der Waals surface area contributed by atoms with Crippen molar-refractivity contribution in [3.05, 3.63) is 84.7 Å². The molecule has 2 aliphatic rings. The number of carbonyl (C=O) groups is 2. The monoisotopic (exact) mass is 583 g/mol. The highest BCUT2D eigenvalue weighted by atomic mass is 16.7. The first-order chi connectivity index (χ1) is 21.0. The smallest absolute Gasteiger partial charge is 0.231 e. The molecule has 0 radical (unpaired) electrons. The van der Waals surface area contributed by atoms with Crippen LogP contribution in [0.2, 0.25) is 0 Å². The van der Waals surface area contributed by atoms with Gasteiger partial charge in [-0.1, -0.05) is 23.8 Å². The number of aromatic nitrogens is 4. The third-order valence-corrected chi connectivity index (χ3v) is 7.46. The van der Waals surface area contributed by atoms with Crippen LogP contribution in [0.1, 0.15) is 17.5 Å². The van der Waals surface area contributed by atoms with Gasteiger partial charge in [0.15, 0.2) is 11.5 Å². The Balaban J connectivity index is 1.12. The number of amides is 2. The molecule has 0 saturated carbocycles. The molecule has 1 unspecified atom stereocenters. The molecule has 4 heterocycles. The van der Waals surface area contributed by atoms with E-state index in [0.29, 0.717) is 55.9 Å². The lowest BCUT2D eigenvalue weighted by Crippen LogP contribution is -2.56. The molecule has 4 aromatic rings. The highest BCUT2D eigenvalue weighted by Crippen LogP contribution is 2.33. The summed E-state index contributed by atoms with van der Waals surface area (Å²) >= 11 is 0. The summed E-state index contributed by atoms with van der Waals surface area (Å²) in [6.07, 6.45) is 7.07. The Morgan fingerprint density at radius 2 is 1.86 bits per heavy atom. The molecular weight excluding hydrogens is 550 g/mol. The number of ether oxygens (including phenoxy) is 3. The van der Waals surface area contributed by atoms with E-state index >= 15 is 0 Å². The number of fused-ring (bicyclic) bond motifs is 1. The van der Waals surface area contributed by atoms with Gasteiger partial charge in [-0.25, -0.2) is 15.0 Å². The van der Waals surface area contributed by atoms with E-state index in [9.17, 15) is 9.59 Å². The van der Waals surface area contributed by atoms with Crippen LogP contribution >= 0.6 is 0 Å². The number of anilines is 1. The number of hydrogen-bond donors (Lipinski definition) is 1. The normalized spacial score (nSPS) is 15.8. The van der Waals surface area contributed by atoms with Gasteiger partial charge in [0.25, 0.3) is 0 Å². The first-order valence-corrected chi connectivity index (χ1v) is 14.2. The molecule has 6 rings (SSSR count). The van der Waals surface area contributed by atoms with Crippen LogP contribution in [0, 0.1) is 6.92 Å². The quantitative estimate of drug-likeness (QED) is 0.281. The van der Waals surface area contributed by atoms with Gasteiger partial charge >= 0.3 is 0 Å². The summed E-state index contributed by atoms with van der Waals surface area (Å²) in [5, 5.41) is 2.96. The van der Waals surface area contributed by atoms with Gasteiger partial charge < -0.3 is 29.3 Å². The van der Waals surface area contributed by atoms with Gasteiger partial charge in [0.2, 0.25) is 18.6 Å². The average molecular weight is 584 g/mol. The third-order valence-electron chi connectivity index (χ3n) is 7.46. The summed E-state index contributed by atoms with van der Waals surface area (Å²) in [4.78, 5) is 43.4. The van der Waals surface area contributed by atoms with Crippen molar-refractivity contribution in [3.63, 3.8) is 0 Å². The molecule has 12 nitrogen and oxygen atoms in total. The van der Waals surface area contributed by atoms with Crippen LogP contribution in [-0.4, -0.2) is 81.9 Å². The number of nitrogens with one attached hydrogen (secondary N) is 1. The molecule has 2 aromatic heterocycles. The highest BCUT2D eigenvalue weighted by molar-refractivity contribution is 5.80. The van der Waals surface area contributed by atoms with E-state index < -0.39 is 0 Å². The van der Waals surface area contributed by atoms with Crippen LogP contribution in [0.15, 0.2) is 73.6 Å². The molecule has 2 aliphatic heterocycles. The number of piperazine rings is 1. The highest BCUT2D eigenvalue weighted by Gasteiger charge is 2.32. The van der Waals surface area contributed by atoms with Crippen molar-refractivity contribution in [1.82, 2.24) is 29.7 Å². The maximum atomic E-state index is 13.4. The third kappa shape index (κ3) is 6.85. The largest absolute Gasteiger partial charge is 0.492 e. The Labute approximate surface area is 249 Å². The lowest BCUT2D eigenvalue weighted by Gasteiger charge is -2.42. The van der Waals surface area contributed by atoms with E-state index in [-0.39, 0.29) is 37.5 Å². The molecule has 2 aromatic carbocycles. The molecule has 2 amide bonds. The predicted molar refractivity (Wildman–Crippen MR) is 157 cm³/mol. The fourth-order valence-corrected chi connectivity index (χ4v) is 5.21. The summed E-state index contributed by atoms with van der Waals surface area (Å²) in [6.45, 7) is 4.31. The van der Waals surface area contributed by atoms with Crippen LogP contribution in [0.4, 0.5) is 5.82 Å². The lowest BCUT2D eigenvalue weighted by molar-refractivity contribution is -0.132. The number of hydrogen-bond acceptors (Lipinski definition) is 9. The minimum atomic E-state index is -0.294. The zero-order valence-electron chi connectivity index (χ0n) is 23.9. The summed E-state index contributed by atoms with van der Waals surface area (Å²) < 4.78 is 18.4. The summed E-state index contributed by atoms with van der Waals surface area (Å²) in [5.74, 6) is 3.29. The maximum absolute atomic E-state index is 13.4. The zero-order valence-corrected chi connectivity index (χ0v) is 23.9. The second-order valence-electron chi connectivity index (χ2n) is 10.5. The van der Waals surface area contributed by atoms with Gasteiger partial charge in [-0.2, -0.15) is 0 Å². The zero-order chi connectivity index (χ0) is 29.6. The molecule has 1 fully saturated rings. The molecule has 0 aliphatic carbocycles. The van der Waals surface area contributed by atoms with Crippen molar-refractivity contribution in [3.8, 4) is 23.1 Å². The maximum Gasteiger partial charge on any atom is 0.231 e. The minimum Gasteiger partial charge on any atom is -0.492 e. The van der Waals surface area contributed by atoms with Gasteiger partial charge in [-0.15, -0.1) is 0 Å². The number of benzene rings is 2. The van der Waals surface area contributed by atoms with Crippen molar-refractivity contribution in [2.45, 2.75) is 25.8 Å². The summed E-state index contributed by atoms with van der Waals surface area (Å²) in [5.41, 5.74) is 2.00. The Kier molecular flexibility index (Phi) is 8.34. The molecule has 1 N–H and O–H groups in total. The number of imidazole rings is 1. The first kappa shape index (κ1) is 28.0. The predicted octanol–water partition coefficient (Wildman–Crippen LogP) is 2.54. The summed E-state index contributed by atoms with van der Waals surface area (Å²) in [7, 11) is 0. The second-order valence-corrected chi connectivity index (χ2v) is 10.5. The Hall–Kier alpha value is -5.13. The number of nitrogens with zero attached hydrogens (tertiary/aromatic N) is 6. The van der Waals surface area contributed by atoms with E-state index in [1.807, 2.05) is 66.6 Å². The Bertz CT molecular complexity index is 1560. The van der Waals surface area contributed by atoms with Crippen molar-refractivity contribution in [2.75, 3.05) is 44.5 Å². The Morgan fingerprint density at radius 3 is 2.70 bits per heavy atom. The fraction of sp³-hybridized carbons (Fsp3) is 0.323. The minimum absolute atomic E-state index is 0.0165. The fourth-order valence-electron chi connectivity index (χ4n) is 5.21. The van der Waals surface area contributed by atoms with Crippen LogP contribution in [-0.2, 0) is 16.0 Å². The van der Waals surface area contributed by atoms with E-state index in [1.54, 1.807) is 17.1 Å². The van der Waals surface area contributed by atoms with Crippen LogP contribution < -0.4 is 24.4 Å². The van der Waals surface area contributed by atoms with E-state index in [1.165, 1.54) is 6.33 Å². The SMILES string of the molecule is Cc1ccc(OCCNC(=O)CC2CN(C(=O)Cc3ccc4c(c3)OCO4)CCN2c2cc(-n3ccnc3)ncn2)cc1. The molecule has 222 valence electrons. The molecule has 43 heavy (non-hydrogen) atoms. The molecule has 1 saturated heterocycles. The topological polar surface area (TPSA) is 124 Å². The molecule has 12 heteroatoms. The van der Waals surface area contributed by atoms with E-state index in [2.05, 4.69) is 25.2 Å². The van der Waals surface area contributed by atoms with Gasteiger partial charge in [0.1, 0.15) is 36.6 Å². The second kappa shape index (κ2) is 12.8. The van der Waals surface area contributed by atoms with Crippen LogP contribution in [0.5, 0.6) is 17.2 Å².